The van der Waals surface area contributed by atoms with Crippen LogP contribution in [0.4, 0.5) is 10.1 Å². The molecular weight excluding hydrogens is 471 g/mol. The fraction of sp³-hybridized carbons (Fsp3) is 0.452. The van der Waals surface area contributed by atoms with Crippen LogP contribution in [0.25, 0.3) is 0 Å². The summed E-state index contributed by atoms with van der Waals surface area (Å²) in [5.74, 6) is 0.632. The first kappa shape index (κ1) is 25.1. The maximum Gasteiger partial charge on any atom is 0.165 e. The second-order valence-corrected chi connectivity index (χ2v) is 11.3. The molecule has 0 amide bonds. The van der Waals surface area contributed by atoms with Crippen LogP contribution < -0.4 is 9.64 Å². The first-order valence-corrected chi connectivity index (χ1v) is 13.5. The van der Waals surface area contributed by atoms with Crippen LogP contribution in [0.15, 0.2) is 54.7 Å². The molecule has 3 aromatic rings. The van der Waals surface area contributed by atoms with Gasteiger partial charge in [-0.1, -0.05) is 36.7 Å². The zero-order valence-corrected chi connectivity index (χ0v) is 22.4. The van der Waals surface area contributed by atoms with E-state index in [1.165, 1.54) is 30.4 Å². The molecule has 0 unspecified atom stereocenters. The largest absolute Gasteiger partial charge is 0.496 e. The highest BCUT2D eigenvalue weighted by molar-refractivity contribution is 6.31. The Morgan fingerprint density at radius 3 is 2.44 bits per heavy atom. The number of anilines is 1. The summed E-state index contributed by atoms with van der Waals surface area (Å²) in [4.78, 5) is 6.68. The van der Waals surface area contributed by atoms with E-state index in [0.29, 0.717) is 12.2 Å². The molecule has 2 bridgehead atoms. The highest BCUT2D eigenvalue weighted by Gasteiger charge is 2.50. The molecular formula is C31H36ClFN2O. The third kappa shape index (κ3) is 4.72. The minimum atomic E-state index is -0.324. The number of fused-ring (bicyclic) bond motifs is 3. The molecule has 3 fully saturated rings. The summed E-state index contributed by atoms with van der Waals surface area (Å²) in [5.41, 5.74) is 5.93. The fourth-order valence-corrected chi connectivity index (χ4v) is 6.72. The Kier molecular flexibility index (Phi) is 7.00. The number of hydrogen-bond donors (Lipinski definition) is 0. The second kappa shape index (κ2) is 10.0. The van der Waals surface area contributed by atoms with Crippen molar-refractivity contribution in [3.05, 3.63) is 88.0 Å². The van der Waals surface area contributed by atoms with E-state index >= 15 is 4.39 Å². The molecule has 36 heavy (non-hydrogen) atoms. The van der Waals surface area contributed by atoms with Crippen molar-refractivity contribution in [2.24, 2.45) is 5.41 Å². The van der Waals surface area contributed by atoms with Crippen molar-refractivity contribution < 1.29 is 9.13 Å². The van der Waals surface area contributed by atoms with Crippen LogP contribution >= 0.6 is 11.6 Å². The zero-order chi connectivity index (χ0) is 25.3. The molecule has 1 heterocycles. The van der Waals surface area contributed by atoms with Crippen molar-refractivity contribution >= 4 is 17.3 Å². The van der Waals surface area contributed by atoms with Gasteiger partial charge in [-0.15, -0.1) is 0 Å². The molecule has 0 spiro atoms. The number of nitrogens with zero attached hydrogens (tertiary/aromatic N) is 2. The van der Waals surface area contributed by atoms with Crippen LogP contribution in [0.5, 0.6) is 5.75 Å². The van der Waals surface area contributed by atoms with E-state index in [1.807, 2.05) is 24.4 Å². The van der Waals surface area contributed by atoms with Crippen LogP contribution in [-0.4, -0.2) is 18.6 Å². The lowest BCUT2D eigenvalue weighted by atomic mass is 9.51. The SMILES string of the molecule is CCc1cc(CN(CC23CCC(c4ccc(OC)c(C)c4)(CC2)CC3)c2cccc(Cl)c2F)ccn1. The van der Waals surface area contributed by atoms with Gasteiger partial charge in [0.05, 0.1) is 17.8 Å². The van der Waals surface area contributed by atoms with Gasteiger partial charge in [0.15, 0.2) is 5.82 Å². The molecule has 5 heteroatoms. The van der Waals surface area contributed by atoms with E-state index < -0.39 is 0 Å². The number of aryl methyl sites for hydroxylation is 2. The van der Waals surface area contributed by atoms with Gasteiger partial charge in [0.25, 0.3) is 0 Å². The van der Waals surface area contributed by atoms with Gasteiger partial charge in [-0.3, -0.25) is 4.98 Å². The number of pyridine rings is 1. The number of hydrogen-bond acceptors (Lipinski definition) is 3. The Morgan fingerprint density at radius 2 is 1.78 bits per heavy atom. The summed E-state index contributed by atoms with van der Waals surface area (Å²) in [5, 5.41) is 0.181. The van der Waals surface area contributed by atoms with Crippen LogP contribution in [0, 0.1) is 18.2 Å². The number of benzene rings is 2. The first-order chi connectivity index (χ1) is 17.4. The normalized spacial score (nSPS) is 23.0. The lowest BCUT2D eigenvalue weighted by Gasteiger charge is -2.55. The molecule has 3 aliphatic carbocycles. The van der Waals surface area contributed by atoms with E-state index in [-0.39, 0.29) is 21.7 Å². The molecule has 190 valence electrons. The average Bonchev–Trinajstić information content (AvgIpc) is 2.91. The third-order valence-electron chi connectivity index (χ3n) is 8.82. The van der Waals surface area contributed by atoms with Gasteiger partial charge < -0.3 is 9.64 Å². The fourth-order valence-electron chi connectivity index (χ4n) is 6.55. The van der Waals surface area contributed by atoms with Gasteiger partial charge in [0.1, 0.15) is 5.75 Å². The second-order valence-electron chi connectivity index (χ2n) is 10.9. The zero-order valence-electron chi connectivity index (χ0n) is 21.6. The van der Waals surface area contributed by atoms with Crippen LogP contribution in [0.1, 0.15) is 67.8 Å². The van der Waals surface area contributed by atoms with Crippen LogP contribution in [-0.2, 0) is 18.4 Å². The number of ether oxygens (including phenoxy) is 1. The van der Waals surface area contributed by atoms with Gasteiger partial charge in [-0.05, 0) is 110 Å². The molecule has 3 nitrogen and oxygen atoms in total. The Balaban J connectivity index is 1.40. The topological polar surface area (TPSA) is 25.4 Å². The van der Waals surface area contributed by atoms with Crippen LogP contribution in [0.3, 0.4) is 0 Å². The molecule has 0 aliphatic heterocycles. The van der Waals surface area contributed by atoms with Crippen molar-refractivity contribution in [1.82, 2.24) is 4.98 Å². The Bertz CT molecular complexity index is 1220. The third-order valence-corrected chi connectivity index (χ3v) is 9.12. The lowest BCUT2D eigenvalue weighted by Crippen LogP contribution is -2.49. The summed E-state index contributed by atoms with van der Waals surface area (Å²) >= 11 is 6.23. The molecule has 3 saturated carbocycles. The number of rotatable bonds is 8. The van der Waals surface area contributed by atoms with Gasteiger partial charge in [-0.25, -0.2) is 4.39 Å². The molecule has 6 rings (SSSR count). The van der Waals surface area contributed by atoms with Gasteiger partial charge in [0, 0.05) is 25.0 Å². The lowest BCUT2D eigenvalue weighted by molar-refractivity contribution is 0.0450. The average molecular weight is 507 g/mol. The minimum absolute atomic E-state index is 0.181. The summed E-state index contributed by atoms with van der Waals surface area (Å²) in [7, 11) is 1.74. The summed E-state index contributed by atoms with van der Waals surface area (Å²) < 4.78 is 20.8. The first-order valence-electron chi connectivity index (χ1n) is 13.1. The number of methoxy groups -OCH3 is 1. The molecule has 0 saturated heterocycles. The maximum absolute atomic E-state index is 15.3. The van der Waals surface area contributed by atoms with Crippen molar-refractivity contribution in [3.63, 3.8) is 0 Å². The Hall–Kier alpha value is -2.59. The van der Waals surface area contributed by atoms with E-state index in [1.54, 1.807) is 13.2 Å². The van der Waals surface area contributed by atoms with E-state index in [0.717, 1.165) is 49.2 Å². The van der Waals surface area contributed by atoms with Gasteiger partial charge >= 0.3 is 0 Å². The summed E-state index contributed by atoms with van der Waals surface area (Å²) in [6.45, 7) is 5.73. The number of halogens is 2. The quantitative estimate of drug-likeness (QED) is 0.309. The monoisotopic (exact) mass is 506 g/mol. The molecule has 3 aliphatic rings. The van der Waals surface area contributed by atoms with Gasteiger partial charge in [-0.2, -0.15) is 0 Å². The molecule has 0 atom stereocenters. The Morgan fingerprint density at radius 1 is 1.03 bits per heavy atom. The number of aromatic nitrogens is 1. The minimum Gasteiger partial charge on any atom is -0.496 e. The maximum atomic E-state index is 15.3. The highest BCUT2D eigenvalue weighted by atomic mass is 35.5. The molecule has 0 radical (unpaired) electrons. The summed E-state index contributed by atoms with van der Waals surface area (Å²) in [6, 6.07) is 16.3. The predicted molar refractivity (Wildman–Crippen MR) is 146 cm³/mol. The van der Waals surface area contributed by atoms with Gasteiger partial charge in [0.2, 0.25) is 0 Å². The van der Waals surface area contributed by atoms with Crippen molar-refractivity contribution in [3.8, 4) is 5.75 Å². The Labute approximate surface area is 219 Å². The molecule has 0 N–H and O–H groups in total. The molecule has 1 aromatic heterocycles. The van der Waals surface area contributed by atoms with Crippen molar-refractivity contribution in [2.45, 2.75) is 70.8 Å². The van der Waals surface area contributed by atoms with Crippen LogP contribution in [0.2, 0.25) is 5.02 Å². The standard InChI is InChI=1S/C31H36ClFN2O/c1-4-25-19-23(10-17-34-25)20-35(27-7-5-6-26(32)29(27)33)21-30-11-14-31(15-12-30,16-13-30)24-8-9-28(36-3)22(2)18-24/h5-10,17-19H,4,11-16,20-21H2,1-3H3. The smallest absolute Gasteiger partial charge is 0.165 e. The molecule has 2 aromatic carbocycles. The van der Waals surface area contributed by atoms with Crippen molar-refractivity contribution in [1.29, 1.82) is 0 Å². The van der Waals surface area contributed by atoms with E-state index in [4.69, 9.17) is 16.3 Å². The van der Waals surface area contributed by atoms with E-state index in [9.17, 15) is 0 Å². The highest BCUT2D eigenvalue weighted by Crippen LogP contribution is 2.58. The van der Waals surface area contributed by atoms with Crippen molar-refractivity contribution in [2.75, 3.05) is 18.6 Å². The summed E-state index contributed by atoms with van der Waals surface area (Å²) in [6.07, 6.45) is 9.77. The van der Waals surface area contributed by atoms with E-state index in [2.05, 4.69) is 48.0 Å². The predicted octanol–water partition coefficient (Wildman–Crippen LogP) is 8.05.